The molecular weight excluding hydrogens is 643 g/mol. The molecule has 0 aliphatic heterocycles. The van der Waals surface area contributed by atoms with Crippen LogP contribution in [0.3, 0.4) is 0 Å². The van der Waals surface area contributed by atoms with Crippen LogP contribution in [0.4, 0.5) is 0 Å². The zero-order chi connectivity index (χ0) is 35.2. The summed E-state index contributed by atoms with van der Waals surface area (Å²) in [7, 11) is 0. The molecule has 0 fully saturated rings. The summed E-state index contributed by atoms with van der Waals surface area (Å²) < 4.78 is 7.48. The molecule has 3 nitrogen and oxygen atoms in total. The molecular formula is C50H35N3. The molecule has 6 bridgehead atoms. The van der Waals surface area contributed by atoms with Gasteiger partial charge in [-0.05, 0) is 81.7 Å². The van der Waals surface area contributed by atoms with Crippen LogP contribution in [0.15, 0.2) is 158 Å². The average Bonchev–Trinajstić information content (AvgIpc) is 3.68. The molecule has 0 radical (unpaired) electrons. The molecule has 0 atom stereocenters. The minimum Gasteiger partial charge on any atom is -0.310 e. The maximum absolute atomic E-state index is 2.53. The molecule has 53 heavy (non-hydrogen) atoms. The van der Waals surface area contributed by atoms with E-state index in [4.69, 9.17) is 0 Å². The molecule has 3 heterocycles. The van der Waals surface area contributed by atoms with E-state index in [1.807, 2.05) is 0 Å². The number of rotatable bonds is 1. The van der Waals surface area contributed by atoms with Gasteiger partial charge in [-0.25, -0.2) is 0 Å². The summed E-state index contributed by atoms with van der Waals surface area (Å²) in [5.74, 6) is 0. The van der Waals surface area contributed by atoms with E-state index in [0.717, 1.165) is 16.7 Å². The van der Waals surface area contributed by atoms with Crippen molar-refractivity contribution in [2.75, 3.05) is 0 Å². The third-order valence-electron chi connectivity index (χ3n) is 11.9. The summed E-state index contributed by atoms with van der Waals surface area (Å²) in [4.78, 5) is 0. The Kier molecular flexibility index (Phi) is 5.51. The molecule has 0 unspecified atom stereocenters. The number of benzene rings is 9. The van der Waals surface area contributed by atoms with Gasteiger partial charge in [0, 0.05) is 54.4 Å². The average molecular weight is 678 g/mol. The topological polar surface area (TPSA) is 13.8 Å². The van der Waals surface area contributed by atoms with Crippen molar-refractivity contribution in [1.29, 1.82) is 0 Å². The van der Waals surface area contributed by atoms with E-state index >= 15 is 0 Å². The predicted octanol–water partition coefficient (Wildman–Crippen LogP) is 13.5. The van der Waals surface area contributed by atoms with Crippen LogP contribution in [0.1, 0.15) is 26.3 Å². The molecule has 0 saturated heterocycles. The van der Waals surface area contributed by atoms with E-state index in [9.17, 15) is 0 Å². The molecule has 9 aromatic carbocycles. The van der Waals surface area contributed by atoms with Crippen molar-refractivity contribution >= 4 is 98.0 Å². The lowest BCUT2D eigenvalue weighted by Crippen LogP contribution is -2.10. The Morgan fingerprint density at radius 2 is 0.811 bits per heavy atom. The fourth-order valence-corrected chi connectivity index (χ4v) is 9.42. The first-order valence-corrected chi connectivity index (χ1v) is 18.6. The minimum atomic E-state index is 0.0452. The summed E-state index contributed by atoms with van der Waals surface area (Å²) >= 11 is 0. The van der Waals surface area contributed by atoms with Gasteiger partial charge in [-0.2, -0.15) is 0 Å². The van der Waals surface area contributed by atoms with E-state index in [0.29, 0.717) is 0 Å². The zero-order valence-electron chi connectivity index (χ0n) is 29.9. The highest BCUT2D eigenvalue weighted by atomic mass is 15.0. The smallest absolute Gasteiger partial charge is 0.0562 e. The fraction of sp³-hybridized carbons (Fsp3) is 0.0800. The van der Waals surface area contributed by atoms with E-state index in [1.54, 1.807) is 0 Å². The highest BCUT2D eigenvalue weighted by Crippen LogP contribution is 2.43. The molecule has 3 heteroatoms. The van der Waals surface area contributed by atoms with Crippen LogP contribution in [0, 0.1) is 0 Å². The summed E-state index contributed by atoms with van der Waals surface area (Å²) in [6.45, 7) is 6.93. The molecule has 0 amide bonds. The second-order valence-electron chi connectivity index (χ2n) is 15.8. The Labute approximate surface area is 305 Å². The van der Waals surface area contributed by atoms with Crippen molar-refractivity contribution in [1.82, 2.24) is 13.4 Å². The second-order valence-corrected chi connectivity index (χ2v) is 15.8. The molecule has 3 aromatic heterocycles. The van der Waals surface area contributed by atoms with Crippen LogP contribution in [0.2, 0.25) is 0 Å². The molecule has 250 valence electrons. The molecule has 0 N–H and O–H groups in total. The third-order valence-corrected chi connectivity index (χ3v) is 11.9. The summed E-state index contributed by atoms with van der Waals surface area (Å²) in [5.41, 5.74) is 12.0. The van der Waals surface area contributed by atoms with Crippen molar-refractivity contribution in [2.45, 2.75) is 26.2 Å². The number of fused-ring (bicyclic) bond motifs is 14. The Bertz CT molecular complexity index is 3330. The van der Waals surface area contributed by atoms with Crippen molar-refractivity contribution in [3.8, 4) is 5.69 Å². The number of hydrogen-bond donors (Lipinski definition) is 0. The van der Waals surface area contributed by atoms with Gasteiger partial charge in [-0.3, -0.25) is 0 Å². The van der Waals surface area contributed by atoms with Crippen molar-refractivity contribution in [3.63, 3.8) is 0 Å². The van der Waals surface area contributed by atoms with Gasteiger partial charge >= 0.3 is 0 Å². The zero-order valence-corrected chi connectivity index (χ0v) is 29.9. The highest BCUT2D eigenvalue weighted by Gasteiger charge is 2.21. The van der Waals surface area contributed by atoms with Crippen LogP contribution in [-0.4, -0.2) is 13.4 Å². The summed E-state index contributed by atoms with van der Waals surface area (Å²) in [5, 5.41) is 12.8. The minimum absolute atomic E-state index is 0.0452. The van der Waals surface area contributed by atoms with Gasteiger partial charge in [0.15, 0.2) is 0 Å². The van der Waals surface area contributed by atoms with Crippen molar-refractivity contribution in [2.24, 2.45) is 0 Å². The summed E-state index contributed by atoms with van der Waals surface area (Å²) in [6.07, 6.45) is 0. The molecule has 0 saturated carbocycles. The molecule has 0 spiro atoms. The van der Waals surface area contributed by atoms with Crippen LogP contribution >= 0.6 is 0 Å². The van der Waals surface area contributed by atoms with Crippen molar-refractivity contribution in [3.05, 3.63) is 163 Å². The van der Waals surface area contributed by atoms with Gasteiger partial charge in [-0.15, -0.1) is 0 Å². The number of aromatic nitrogens is 3. The monoisotopic (exact) mass is 677 g/mol. The number of para-hydroxylation sites is 3. The SMILES string of the molecule is CC(C)(C)c1cc2ccc3c4c(ccc(c1)c24)c1cc3n2c3ccccc3c3ccc(cc32)n(-c2ccccc2)c2ccc3c4ccccc4n1c3c2. The molecule has 12 rings (SSSR count). The highest BCUT2D eigenvalue weighted by molar-refractivity contribution is 6.30. The Morgan fingerprint density at radius 1 is 0.358 bits per heavy atom. The van der Waals surface area contributed by atoms with E-state index in [1.165, 1.54) is 92.5 Å². The maximum atomic E-state index is 2.53. The largest absolute Gasteiger partial charge is 0.310 e. The normalized spacial score (nSPS) is 12.8. The van der Waals surface area contributed by atoms with Crippen LogP contribution < -0.4 is 0 Å². The first-order chi connectivity index (χ1) is 25.9. The van der Waals surface area contributed by atoms with Gasteiger partial charge in [-0.1, -0.05) is 124 Å². The lowest BCUT2D eigenvalue weighted by Gasteiger charge is -2.22. The first kappa shape index (κ1) is 29.0. The van der Waals surface area contributed by atoms with Gasteiger partial charge in [0.2, 0.25) is 0 Å². The van der Waals surface area contributed by atoms with E-state index in [-0.39, 0.29) is 5.41 Å². The first-order valence-electron chi connectivity index (χ1n) is 18.6. The van der Waals surface area contributed by atoms with Crippen LogP contribution in [0.5, 0.6) is 0 Å². The molecule has 0 aliphatic rings. The van der Waals surface area contributed by atoms with Gasteiger partial charge in [0.25, 0.3) is 0 Å². The van der Waals surface area contributed by atoms with E-state index < -0.39 is 0 Å². The Balaban J connectivity index is 1.45. The second kappa shape index (κ2) is 10.1. The predicted molar refractivity (Wildman–Crippen MR) is 226 cm³/mol. The molecule has 0 aliphatic carbocycles. The van der Waals surface area contributed by atoms with Crippen LogP contribution in [0.25, 0.3) is 104 Å². The lowest BCUT2D eigenvalue weighted by atomic mass is 9.83. The van der Waals surface area contributed by atoms with Gasteiger partial charge in [0.05, 0.1) is 33.1 Å². The Hall–Kier alpha value is -6.58. The van der Waals surface area contributed by atoms with Crippen molar-refractivity contribution < 1.29 is 0 Å². The van der Waals surface area contributed by atoms with Crippen LogP contribution in [-0.2, 0) is 5.41 Å². The molecule has 12 aromatic rings. The number of nitrogens with zero attached hydrogens (tertiary/aromatic N) is 3. The standard InChI is InChI=1S/C50H35N3/c1-50(2,3)32-25-30-17-21-40-46-29-47(41-22-18-31(26-32)48(30)49(40)41)53-43-16-10-8-14-37(43)39-24-20-35(28-45(39)53)51(33-11-5-4-6-12-33)34-19-23-38-36-13-7-9-15-42(36)52(46)44(38)27-34/h4-29H,1-3H3. The number of hydrogen-bond acceptors (Lipinski definition) is 0. The lowest BCUT2D eigenvalue weighted by molar-refractivity contribution is 0.591. The summed E-state index contributed by atoms with van der Waals surface area (Å²) in [6, 6.07) is 59.4. The third kappa shape index (κ3) is 3.84. The quantitative estimate of drug-likeness (QED) is 0.154. The Morgan fingerprint density at radius 3 is 1.34 bits per heavy atom. The fourth-order valence-electron chi connectivity index (χ4n) is 9.42. The van der Waals surface area contributed by atoms with Gasteiger partial charge < -0.3 is 13.4 Å². The maximum Gasteiger partial charge on any atom is 0.0562 e. The van der Waals surface area contributed by atoms with Gasteiger partial charge in [0.1, 0.15) is 0 Å². The van der Waals surface area contributed by atoms with E-state index in [2.05, 4.69) is 192 Å².